The lowest BCUT2D eigenvalue weighted by Gasteiger charge is -2.07. The highest BCUT2D eigenvalue weighted by Gasteiger charge is 2.27. The molecule has 0 aromatic carbocycles. The van der Waals surface area contributed by atoms with Gasteiger partial charge in [0.15, 0.2) is 0 Å². The molecule has 18 heavy (non-hydrogen) atoms. The summed E-state index contributed by atoms with van der Waals surface area (Å²) in [7, 11) is 0. The van der Waals surface area contributed by atoms with Crippen molar-refractivity contribution in [1.29, 1.82) is 0 Å². The molecule has 102 valence electrons. The van der Waals surface area contributed by atoms with E-state index in [1.165, 1.54) is 17.1 Å². The first-order valence-corrected chi connectivity index (χ1v) is 5.26. The van der Waals surface area contributed by atoms with Crippen LogP contribution < -0.4 is 0 Å². The lowest BCUT2D eigenvalue weighted by molar-refractivity contribution is -0.174. The van der Waals surface area contributed by atoms with Crippen molar-refractivity contribution < 1.29 is 27.4 Å². The molecular weight excluding hydrogens is 253 g/mol. The van der Waals surface area contributed by atoms with Crippen LogP contribution in [0.4, 0.5) is 13.2 Å². The molecule has 0 spiro atoms. The summed E-state index contributed by atoms with van der Waals surface area (Å²) in [6, 6.07) is 0. The fourth-order valence-corrected chi connectivity index (χ4v) is 1.15. The highest BCUT2D eigenvalue weighted by molar-refractivity contribution is 5.88. The predicted molar refractivity (Wildman–Crippen MR) is 55.1 cm³/mol. The summed E-state index contributed by atoms with van der Waals surface area (Å²) in [4.78, 5) is 11.3. The summed E-state index contributed by atoms with van der Waals surface area (Å²) in [6.45, 7) is 0.629. The molecule has 0 bridgehead atoms. The Hall–Kier alpha value is -1.57. The lowest BCUT2D eigenvalue weighted by atomic mass is 10.4. The zero-order chi connectivity index (χ0) is 13.6. The molecule has 0 unspecified atom stereocenters. The Morgan fingerprint density at radius 2 is 2.22 bits per heavy atom. The van der Waals surface area contributed by atoms with Crippen molar-refractivity contribution in [3.05, 3.63) is 18.0 Å². The van der Waals surface area contributed by atoms with Crippen LogP contribution in [0.1, 0.15) is 17.3 Å². The fourth-order valence-electron chi connectivity index (χ4n) is 1.15. The van der Waals surface area contributed by atoms with Crippen LogP contribution in [0.25, 0.3) is 0 Å². The van der Waals surface area contributed by atoms with Gasteiger partial charge in [0, 0.05) is 6.20 Å². The molecule has 8 heteroatoms. The van der Waals surface area contributed by atoms with Gasteiger partial charge in [-0.3, -0.25) is 4.68 Å². The third-order valence-electron chi connectivity index (χ3n) is 1.87. The van der Waals surface area contributed by atoms with Crippen molar-refractivity contribution in [3.63, 3.8) is 0 Å². The first-order valence-electron chi connectivity index (χ1n) is 5.26. The van der Waals surface area contributed by atoms with Gasteiger partial charge in [0.05, 0.1) is 31.5 Å². The number of ether oxygens (including phenoxy) is 2. The van der Waals surface area contributed by atoms with E-state index in [4.69, 9.17) is 4.74 Å². The minimum absolute atomic E-state index is 0.134. The average molecular weight is 266 g/mol. The minimum Gasteiger partial charge on any atom is -0.462 e. The van der Waals surface area contributed by atoms with Gasteiger partial charge in [-0.2, -0.15) is 18.3 Å². The van der Waals surface area contributed by atoms with Crippen LogP contribution in [0.5, 0.6) is 0 Å². The van der Waals surface area contributed by atoms with Crippen LogP contribution in [0.2, 0.25) is 0 Å². The number of esters is 1. The number of nitrogens with zero attached hydrogens (tertiary/aromatic N) is 2. The summed E-state index contributed by atoms with van der Waals surface area (Å²) in [6.07, 6.45) is -1.64. The topological polar surface area (TPSA) is 53.3 Å². The Balaban J connectivity index is 2.33. The maximum absolute atomic E-state index is 11.8. The molecule has 0 aliphatic heterocycles. The van der Waals surface area contributed by atoms with Gasteiger partial charge in [0.25, 0.3) is 0 Å². The van der Waals surface area contributed by atoms with Crippen molar-refractivity contribution in [2.75, 3.05) is 19.8 Å². The van der Waals surface area contributed by atoms with Crippen molar-refractivity contribution >= 4 is 5.97 Å². The number of halogens is 3. The molecule has 0 N–H and O–H groups in total. The summed E-state index contributed by atoms with van der Waals surface area (Å²) < 4.78 is 45.8. The third kappa shape index (κ3) is 5.17. The van der Waals surface area contributed by atoms with Crippen LogP contribution >= 0.6 is 0 Å². The van der Waals surface area contributed by atoms with Gasteiger partial charge in [0.2, 0.25) is 0 Å². The minimum atomic E-state index is -4.33. The number of carbonyl (C=O) groups excluding carboxylic acids is 1. The molecule has 0 saturated carbocycles. The Bertz CT molecular complexity index is 390. The predicted octanol–water partition coefficient (Wildman–Crippen LogP) is 1.64. The van der Waals surface area contributed by atoms with Gasteiger partial charge in [0.1, 0.15) is 6.61 Å². The monoisotopic (exact) mass is 266 g/mol. The number of rotatable bonds is 6. The molecule has 0 radical (unpaired) electrons. The molecule has 1 aromatic heterocycles. The molecule has 0 atom stereocenters. The largest absolute Gasteiger partial charge is 0.462 e. The number of hydrogen-bond acceptors (Lipinski definition) is 4. The molecule has 0 fully saturated rings. The summed E-state index contributed by atoms with van der Waals surface area (Å²) >= 11 is 0. The van der Waals surface area contributed by atoms with E-state index in [9.17, 15) is 18.0 Å². The van der Waals surface area contributed by atoms with Crippen LogP contribution in [-0.4, -0.2) is 41.7 Å². The molecule has 0 amide bonds. The van der Waals surface area contributed by atoms with Crippen molar-refractivity contribution in [2.24, 2.45) is 0 Å². The van der Waals surface area contributed by atoms with Crippen LogP contribution in [0.3, 0.4) is 0 Å². The quantitative estimate of drug-likeness (QED) is 0.580. The number of hydrogen-bond donors (Lipinski definition) is 0. The summed E-state index contributed by atoms with van der Waals surface area (Å²) in [5.41, 5.74) is 0.257. The number of aromatic nitrogens is 2. The Morgan fingerprint density at radius 1 is 1.50 bits per heavy atom. The van der Waals surface area contributed by atoms with Gasteiger partial charge in [-0.05, 0) is 6.92 Å². The zero-order valence-electron chi connectivity index (χ0n) is 9.74. The Labute approximate surface area is 101 Å². The van der Waals surface area contributed by atoms with Crippen LogP contribution in [0, 0.1) is 0 Å². The summed E-state index contributed by atoms with van der Waals surface area (Å²) in [5, 5.41) is 3.81. The van der Waals surface area contributed by atoms with E-state index in [2.05, 4.69) is 9.84 Å². The summed E-state index contributed by atoms with van der Waals surface area (Å²) in [5.74, 6) is -0.514. The normalized spacial score (nSPS) is 11.6. The van der Waals surface area contributed by atoms with Crippen LogP contribution in [0.15, 0.2) is 12.4 Å². The van der Waals surface area contributed by atoms with E-state index in [0.29, 0.717) is 0 Å². The molecule has 1 heterocycles. The average Bonchev–Trinajstić information content (AvgIpc) is 2.72. The van der Waals surface area contributed by atoms with Crippen molar-refractivity contribution in [2.45, 2.75) is 19.6 Å². The molecule has 1 rings (SSSR count). The Morgan fingerprint density at radius 3 is 2.83 bits per heavy atom. The second-order valence-electron chi connectivity index (χ2n) is 3.38. The molecular formula is C10H13F3N2O3. The van der Waals surface area contributed by atoms with E-state index in [1.54, 1.807) is 6.92 Å². The molecule has 0 saturated heterocycles. The van der Waals surface area contributed by atoms with E-state index in [0.717, 1.165) is 0 Å². The molecule has 1 aromatic rings. The van der Waals surface area contributed by atoms with Gasteiger partial charge in [-0.1, -0.05) is 0 Å². The maximum atomic E-state index is 11.8. The zero-order valence-corrected chi connectivity index (χ0v) is 9.74. The van der Waals surface area contributed by atoms with Gasteiger partial charge < -0.3 is 9.47 Å². The maximum Gasteiger partial charge on any atom is 0.411 e. The van der Waals surface area contributed by atoms with E-state index >= 15 is 0 Å². The van der Waals surface area contributed by atoms with E-state index in [1.807, 2.05) is 0 Å². The van der Waals surface area contributed by atoms with E-state index in [-0.39, 0.29) is 25.3 Å². The van der Waals surface area contributed by atoms with Crippen LogP contribution in [-0.2, 0) is 16.0 Å². The second kappa shape index (κ2) is 6.39. The first-order chi connectivity index (χ1) is 8.42. The Kier molecular flexibility index (Phi) is 5.14. The highest BCUT2D eigenvalue weighted by Crippen LogP contribution is 2.14. The van der Waals surface area contributed by atoms with Gasteiger partial charge in [-0.15, -0.1) is 0 Å². The molecule has 0 aliphatic carbocycles. The van der Waals surface area contributed by atoms with E-state index < -0.39 is 18.8 Å². The number of carbonyl (C=O) groups is 1. The standard InChI is InChI=1S/C10H13F3N2O3/c1-2-18-9(16)8-5-14-15(6-8)3-4-17-7-10(11,12)13/h5-6H,2-4,7H2,1H3. The first kappa shape index (κ1) is 14.5. The lowest BCUT2D eigenvalue weighted by Crippen LogP contribution is -2.19. The third-order valence-corrected chi connectivity index (χ3v) is 1.87. The van der Waals surface area contributed by atoms with Gasteiger partial charge in [-0.25, -0.2) is 4.79 Å². The molecule has 0 aliphatic rings. The second-order valence-corrected chi connectivity index (χ2v) is 3.38. The fraction of sp³-hybridized carbons (Fsp3) is 0.600. The highest BCUT2D eigenvalue weighted by atomic mass is 19.4. The van der Waals surface area contributed by atoms with Gasteiger partial charge >= 0.3 is 12.1 Å². The number of alkyl halides is 3. The van der Waals surface area contributed by atoms with Crippen molar-refractivity contribution in [3.8, 4) is 0 Å². The SMILES string of the molecule is CCOC(=O)c1cnn(CCOCC(F)(F)F)c1. The molecule has 5 nitrogen and oxygen atoms in total. The van der Waals surface area contributed by atoms with Crippen molar-refractivity contribution in [1.82, 2.24) is 9.78 Å². The smallest absolute Gasteiger partial charge is 0.411 e.